The number of benzene rings is 1. The van der Waals surface area contributed by atoms with Gasteiger partial charge in [-0.2, -0.15) is 0 Å². The lowest BCUT2D eigenvalue weighted by Crippen LogP contribution is -2.44. The van der Waals surface area contributed by atoms with E-state index in [2.05, 4.69) is 67.7 Å². The smallest absolute Gasteiger partial charge is 0.338 e. The molecule has 0 amide bonds. The van der Waals surface area contributed by atoms with E-state index < -0.39 is 22.6 Å². The second-order valence-corrected chi connectivity index (χ2v) is 19.7. The average molecular weight is 427 g/mol. The van der Waals surface area contributed by atoms with Gasteiger partial charge >= 0.3 is 5.97 Å². The Hall–Kier alpha value is -1.48. The van der Waals surface area contributed by atoms with E-state index in [9.17, 15) is 4.79 Å². The standard InChI is InChI=1S/C21H38O5Si2/c1-20(2,3)27(9,10)25-16-13-15(19(22)24-8)14-17(18(16)23-7)26-28(11,12)21(4,5)6/h13-14H,1-12H3. The van der Waals surface area contributed by atoms with Crippen LogP contribution in [0.25, 0.3) is 0 Å². The molecule has 7 heteroatoms. The Morgan fingerprint density at radius 3 is 1.39 bits per heavy atom. The van der Waals surface area contributed by atoms with Gasteiger partial charge in [-0.15, -0.1) is 0 Å². The summed E-state index contributed by atoms with van der Waals surface area (Å²) in [7, 11) is -1.34. The van der Waals surface area contributed by atoms with E-state index >= 15 is 0 Å². The summed E-state index contributed by atoms with van der Waals surface area (Å²) in [6, 6.07) is 3.40. The Morgan fingerprint density at radius 2 is 1.14 bits per heavy atom. The van der Waals surface area contributed by atoms with Gasteiger partial charge in [0.15, 0.2) is 11.5 Å². The molecule has 5 nitrogen and oxygen atoms in total. The van der Waals surface area contributed by atoms with Gasteiger partial charge in [0, 0.05) is 0 Å². The Balaban J connectivity index is 3.61. The van der Waals surface area contributed by atoms with Crippen LogP contribution in [-0.2, 0) is 4.74 Å². The van der Waals surface area contributed by atoms with Crippen LogP contribution in [0.1, 0.15) is 51.9 Å². The van der Waals surface area contributed by atoms with E-state index in [1.807, 2.05) is 0 Å². The molecule has 0 fully saturated rings. The second kappa shape index (κ2) is 8.10. The third-order valence-corrected chi connectivity index (χ3v) is 14.7. The molecule has 1 aromatic rings. The first kappa shape index (κ1) is 24.6. The number of hydrogen-bond acceptors (Lipinski definition) is 5. The fourth-order valence-corrected chi connectivity index (χ4v) is 4.04. The van der Waals surface area contributed by atoms with Crippen molar-refractivity contribution in [1.29, 1.82) is 0 Å². The molecule has 0 N–H and O–H groups in total. The minimum absolute atomic E-state index is 0.000265. The highest BCUT2D eigenvalue weighted by molar-refractivity contribution is 6.75. The predicted octanol–water partition coefficient (Wildman–Crippen LogP) is 6.25. The fourth-order valence-electron chi connectivity index (χ4n) is 2.02. The number of ether oxygens (including phenoxy) is 2. The highest BCUT2D eigenvalue weighted by Gasteiger charge is 2.42. The molecule has 160 valence electrons. The molecule has 1 rings (SSSR count). The molecule has 0 unspecified atom stereocenters. The van der Waals surface area contributed by atoms with Crippen molar-refractivity contribution in [3.05, 3.63) is 17.7 Å². The lowest BCUT2D eigenvalue weighted by atomic mass is 10.2. The molecule has 0 aromatic heterocycles. The third kappa shape index (κ3) is 5.32. The first-order valence-corrected chi connectivity index (χ1v) is 15.5. The molecular formula is C21H38O5Si2. The van der Waals surface area contributed by atoms with E-state index in [0.29, 0.717) is 22.8 Å². The zero-order valence-electron chi connectivity index (χ0n) is 19.7. The number of carbonyl (C=O) groups excluding carboxylic acids is 1. The maximum absolute atomic E-state index is 12.3. The molecular weight excluding hydrogens is 388 g/mol. The molecule has 28 heavy (non-hydrogen) atoms. The van der Waals surface area contributed by atoms with Crippen LogP contribution < -0.4 is 13.6 Å². The Morgan fingerprint density at radius 1 is 0.786 bits per heavy atom. The second-order valence-electron chi connectivity index (χ2n) is 10.2. The predicted molar refractivity (Wildman–Crippen MR) is 120 cm³/mol. The van der Waals surface area contributed by atoms with Crippen molar-refractivity contribution in [3.63, 3.8) is 0 Å². The summed E-state index contributed by atoms with van der Waals surface area (Å²) < 4.78 is 23.7. The van der Waals surface area contributed by atoms with Crippen LogP contribution in [0.2, 0.25) is 36.3 Å². The summed E-state index contributed by atoms with van der Waals surface area (Å²) in [6.45, 7) is 21.7. The number of carbonyl (C=O) groups is 1. The van der Waals surface area contributed by atoms with E-state index in [-0.39, 0.29) is 10.1 Å². The lowest BCUT2D eigenvalue weighted by Gasteiger charge is -2.38. The minimum Gasteiger partial charge on any atom is -0.541 e. The van der Waals surface area contributed by atoms with Crippen molar-refractivity contribution < 1.29 is 23.1 Å². The van der Waals surface area contributed by atoms with Gasteiger partial charge < -0.3 is 18.3 Å². The van der Waals surface area contributed by atoms with E-state index in [1.54, 1.807) is 19.2 Å². The summed E-state index contributed by atoms with van der Waals surface area (Å²) in [5.74, 6) is 1.17. The van der Waals surface area contributed by atoms with Gasteiger partial charge in [-0.1, -0.05) is 41.5 Å². The highest BCUT2D eigenvalue weighted by Crippen LogP contribution is 2.46. The fraction of sp³-hybridized carbons (Fsp3) is 0.667. The van der Waals surface area contributed by atoms with Crippen molar-refractivity contribution in [2.24, 2.45) is 0 Å². The number of hydrogen-bond donors (Lipinski definition) is 0. The van der Waals surface area contributed by atoms with Gasteiger partial charge in [0.25, 0.3) is 16.6 Å². The number of methoxy groups -OCH3 is 2. The molecule has 0 heterocycles. The van der Waals surface area contributed by atoms with E-state index in [1.165, 1.54) is 7.11 Å². The van der Waals surface area contributed by atoms with Crippen molar-refractivity contribution in [2.75, 3.05) is 14.2 Å². The first-order chi connectivity index (χ1) is 12.5. The van der Waals surface area contributed by atoms with E-state index in [0.717, 1.165) is 0 Å². The van der Waals surface area contributed by atoms with Gasteiger partial charge in [0.1, 0.15) is 0 Å². The lowest BCUT2D eigenvalue weighted by molar-refractivity contribution is 0.0600. The molecule has 0 bridgehead atoms. The van der Waals surface area contributed by atoms with Crippen molar-refractivity contribution in [3.8, 4) is 17.2 Å². The summed E-state index contributed by atoms with van der Waals surface area (Å²) in [5, 5.41) is -0.000531. The molecule has 0 saturated carbocycles. The molecule has 1 aromatic carbocycles. The van der Waals surface area contributed by atoms with Crippen LogP contribution >= 0.6 is 0 Å². The van der Waals surface area contributed by atoms with Gasteiger partial charge in [0.05, 0.1) is 19.8 Å². The Bertz CT molecular complexity index is 663. The van der Waals surface area contributed by atoms with Crippen LogP contribution in [0.3, 0.4) is 0 Å². The molecule has 0 atom stereocenters. The van der Waals surface area contributed by atoms with Crippen molar-refractivity contribution in [1.82, 2.24) is 0 Å². The molecule has 0 radical (unpaired) electrons. The van der Waals surface area contributed by atoms with Crippen LogP contribution in [0, 0.1) is 0 Å². The maximum atomic E-state index is 12.3. The van der Waals surface area contributed by atoms with Crippen LogP contribution in [-0.4, -0.2) is 36.8 Å². The quantitative estimate of drug-likeness (QED) is 0.397. The summed E-state index contributed by atoms with van der Waals surface area (Å²) in [4.78, 5) is 12.3. The SMILES string of the molecule is COC(=O)c1cc(O[Si](C)(C)C(C)(C)C)c(OC)c(O[Si](C)(C)C(C)(C)C)c1. The normalized spacial score (nSPS) is 13.1. The topological polar surface area (TPSA) is 54.0 Å². The minimum atomic E-state index is -2.16. The van der Waals surface area contributed by atoms with Crippen molar-refractivity contribution in [2.45, 2.75) is 77.8 Å². The zero-order chi connectivity index (χ0) is 22.1. The van der Waals surface area contributed by atoms with Gasteiger partial charge in [-0.3, -0.25) is 0 Å². The van der Waals surface area contributed by atoms with Gasteiger partial charge in [-0.05, 0) is 48.4 Å². The number of esters is 1. The summed E-state index contributed by atoms with van der Waals surface area (Å²) >= 11 is 0. The molecule has 0 spiro atoms. The van der Waals surface area contributed by atoms with Crippen LogP contribution in [0.4, 0.5) is 0 Å². The monoisotopic (exact) mass is 426 g/mol. The number of rotatable bonds is 6. The summed E-state index contributed by atoms with van der Waals surface area (Å²) in [6.07, 6.45) is 0. The maximum Gasteiger partial charge on any atom is 0.338 e. The Kier molecular flexibility index (Phi) is 7.11. The average Bonchev–Trinajstić information content (AvgIpc) is 2.50. The molecule has 0 aliphatic rings. The van der Waals surface area contributed by atoms with Crippen LogP contribution in [0.5, 0.6) is 17.2 Å². The first-order valence-electron chi connectivity index (χ1n) is 9.65. The van der Waals surface area contributed by atoms with Gasteiger partial charge in [0.2, 0.25) is 5.75 Å². The molecule has 0 aliphatic carbocycles. The molecule has 0 aliphatic heterocycles. The Labute approximate surface area is 173 Å². The van der Waals surface area contributed by atoms with E-state index in [4.69, 9.17) is 18.3 Å². The largest absolute Gasteiger partial charge is 0.541 e. The summed E-state index contributed by atoms with van der Waals surface area (Å²) in [5.41, 5.74) is 0.394. The third-order valence-electron chi connectivity index (χ3n) is 5.99. The molecule has 0 saturated heterocycles. The van der Waals surface area contributed by atoms with Crippen molar-refractivity contribution >= 4 is 22.6 Å². The zero-order valence-corrected chi connectivity index (χ0v) is 21.7. The van der Waals surface area contributed by atoms with Gasteiger partial charge in [-0.25, -0.2) is 4.79 Å². The highest BCUT2D eigenvalue weighted by atomic mass is 28.4. The van der Waals surface area contributed by atoms with Crippen LogP contribution in [0.15, 0.2) is 12.1 Å².